The molecule has 0 atom stereocenters. The van der Waals surface area contributed by atoms with Crippen molar-refractivity contribution >= 4 is 23.3 Å². The van der Waals surface area contributed by atoms with Crippen LogP contribution in [0.2, 0.25) is 5.02 Å². The van der Waals surface area contributed by atoms with E-state index in [0.29, 0.717) is 17.8 Å². The molecule has 4 bridgehead atoms. The van der Waals surface area contributed by atoms with Crippen LogP contribution in [0.25, 0.3) is 0 Å². The van der Waals surface area contributed by atoms with Crippen LogP contribution in [-0.4, -0.2) is 38.5 Å². The summed E-state index contributed by atoms with van der Waals surface area (Å²) in [7, 11) is 1.80. The summed E-state index contributed by atoms with van der Waals surface area (Å²) in [5.74, 6) is 1.39. The third-order valence-corrected chi connectivity index (χ3v) is 6.45. The molecule has 7 nitrogen and oxygen atoms in total. The number of aromatic amines is 1. The summed E-state index contributed by atoms with van der Waals surface area (Å²) in [6, 6.07) is 0. The van der Waals surface area contributed by atoms with E-state index in [-0.39, 0.29) is 22.2 Å². The minimum Gasteiger partial charge on any atom is -0.358 e. The summed E-state index contributed by atoms with van der Waals surface area (Å²) in [5, 5.41) is 16.7. The first kappa shape index (κ1) is 14.9. The number of carbonyl (C=O) groups excluding carboxylic acids is 1. The number of carbonyl (C=O) groups is 1. The second-order valence-electron chi connectivity index (χ2n) is 7.50. The van der Waals surface area contributed by atoms with E-state index >= 15 is 0 Å². The van der Waals surface area contributed by atoms with Crippen LogP contribution in [0, 0.1) is 27.9 Å². The molecule has 4 saturated carbocycles. The predicted octanol–water partition coefficient (Wildman–Crippen LogP) is 3.01. The molecule has 1 aromatic rings. The molecule has 8 heteroatoms. The Morgan fingerprint density at radius 3 is 2.26 bits per heavy atom. The average molecular weight is 339 g/mol. The van der Waals surface area contributed by atoms with E-state index in [9.17, 15) is 14.9 Å². The second-order valence-corrected chi connectivity index (χ2v) is 7.88. The fourth-order valence-corrected chi connectivity index (χ4v) is 5.67. The number of nitro groups is 1. The molecule has 1 heterocycles. The monoisotopic (exact) mass is 338 g/mol. The smallest absolute Gasteiger partial charge is 0.358 e. The summed E-state index contributed by atoms with van der Waals surface area (Å²) >= 11 is 5.98. The Morgan fingerprint density at radius 1 is 1.30 bits per heavy atom. The van der Waals surface area contributed by atoms with E-state index in [1.54, 1.807) is 11.9 Å². The van der Waals surface area contributed by atoms with E-state index in [1.165, 1.54) is 19.3 Å². The van der Waals surface area contributed by atoms with Gasteiger partial charge in [0.05, 0.1) is 0 Å². The lowest BCUT2D eigenvalue weighted by Gasteiger charge is -2.59. The zero-order chi connectivity index (χ0) is 16.4. The molecule has 0 spiro atoms. The van der Waals surface area contributed by atoms with E-state index in [4.69, 9.17) is 11.6 Å². The highest BCUT2D eigenvalue weighted by molar-refractivity contribution is 6.35. The van der Waals surface area contributed by atoms with Crippen LogP contribution in [0.15, 0.2) is 0 Å². The molecule has 0 unspecified atom stereocenters. The molecule has 23 heavy (non-hydrogen) atoms. The third kappa shape index (κ3) is 2.16. The molecule has 1 N–H and O–H groups in total. The van der Waals surface area contributed by atoms with E-state index < -0.39 is 10.7 Å². The average Bonchev–Trinajstić information content (AvgIpc) is 2.86. The summed E-state index contributed by atoms with van der Waals surface area (Å²) in [6.07, 6.45) is 6.96. The molecule has 4 aliphatic rings. The van der Waals surface area contributed by atoms with Gasteiger partial charge < -0.3 is 15.0 Å². The Bertz CT molecular complexity index is 651. The number of nitrogens with one attached hydrogen (secondary N) is 1. The van der Waals surface area contributed by atoms with Crippen LogP contribution in [-0.2, 0) is 0 Å². The number of nitrogens with zero attached hydrogens (tertiary/aromatic N) is 3. The van der Waals surface area contributed by atoms with E-state index in [1.807, 2.05) is 0 Å². The summed E-state index contributed by atoms with van der Waals surface area (Å²) in [5.41, 5.74) is -0.167. The van der Waals surface area contributed by atoms with Gasteiger partial charge in [-0.25, -0.2) is 0 Å². The highest BCUT2D eigenvalue weighted by Gasteiger charge is 2.54. The summed E-state index contributed by atoms with van der Waals surface area (Å²) in [6.45, 7) is 0. The molecular weight excluding hydrogens is 320 g/mol. The van der Waals surface area contributed by atoms with Gasteiger partial charge in [-0.2, -0.15) is 0 Å². The zero-order valence-electron chi connectivity index (χ0n) is 12.9. The third-order valence-electron chi connectivity index (χ3n) is 6.10. The fraction of sp³-hybridized carbons (Fsp3) is 0.733. The molecule has 0 radical (unpaired) electrons. The van der Waals surface area contributed by atoms with Gasteiger partial charge in [0.1, 0.15) is 0 Å². The maximum Gasteiger partial charge on any atom is 0.362 e. The SMILES string of the molecule is CN(C(=O)c1n[nH]c([N+](=O)[O-])c1Cl)C12CC3CC(CC(C3)C1)C2. The van der Waals surface area contributed by atoms with Crippen LogP contribution in [0.4, 0.5) is 5.82 Å². The van der Waals surface area contributed by atoms with Crippen molar-refractivity contribution in [3.8, 4) is 0 Å². The van der Waals surface area contributed by atoms with Gasteiger partial charge in [0.2, 0.25) is 0 Å². The topological polar surface area (TPSA) is 92.1 Å². The number of aromatic nitrogens is 2. The van der Waals surface area contributed by atoms with Crippen molar-refractivity contribution in [2.75, 3.05) is 7.05 Å². The van der Waals surface area contributed by atoms with Crippen molar-refractivity contribution in [2.45, 2.75) is 44.1 Å². The van der Waals surface area contributed by atoms with Crippen LogP contribution in [0.1, 0.15) is 49.0 Å². The molecule has 1 aromatic heterocycles. The van der Waals surface area contributed by atoms with Crippen molar-refractivity contribution in [3.05, 3.63) is 20.8 Å². The van der Waals surface area contributed by atoms with Crippen molar-refractivity contribution < 1.29 is 9.72 Å². The van der Waals surface area contributed by atoms with Gasteiger partial charge in [0.15, 0.2) is 10.7 Å². The predicted molar refractivity (Wildman–Crippen MR) is 83.2 cm³/mol. The molecule has 124 valence electrons. The van der Waals surface area contributed by atoms with Gasteiger partial charge in [-0.3, -0.25) is 4.79 Å². The van der Waals surface area contributed by atoms with Crippen LogP contribution in [0.5, 0.6) is 0 Å². The number of rotatable bonds is 3. The molecule has 0 aliphatic heterocycles. The second kappa shape index (κ2) is 4.93. The largest absolute Gasteiger partial charge is 0.362 e. The van der Waals surface area contributed by atoms with Crippen LogP contribution in [0.3, 0.4) is 0 Å². The van der Waals surface area contributed by atoms with Gasteiger partial charge in [-0.05, 0) is 61.2 Å². The number of amides is 1. The minimum atomic E-state index is -0.656. The number of H-pyrrole nitrogens is 1. The highest BCUT2D eigenvalue weighted by Crippen LogP contribution is 2.57. The van der Waals surface area contributed by atoms with Crippen LogP contribution >= 0.6 is 11.6 Å². The Morgan fingerprint density at radius 2 is 1.83 bits per heavy atom. The standard InChI is InChI=1S/C15H19ClN4O3/c1-19(14(21)12-11(16)13(18-17-12)20(22)23)15-5-8-2-9(6-15)4-10(3-8)7-15/h8-10H,2-7H2,1H3,(H,17,18). The van der Waals surface area contributed by atoms with E-state index in [0.717, 1.165) is 19.3 Å². The first-order chi connectivity index (χ1) is 10.9. The number of hydrogen-bond donors (Lipinski definition) is 1. The van der Waals surface area contributed by atoms with Gasteiger partial charge >= 0.3 is 5.82 Å². The Kier molecular flexibility index (Phi) is 3.20. The fourth-order valence-electron chi connectivity index (χ4n) is 5.43. The van der Waals surface area contributed by atoms with Crippen LogP contribution < -0.4 is 0 Å². The normalized spacial score (nSPS) is 34.6. The molecule has 1 amide bonds. The summed E-state index contributed by atoms with van der Waals surface area (Å²) in [4.78, 5) is 24.8. The molecule has 5 rings (SSSR count). The first-order valence-electron chi connectivity index (χ1n) is 8.06. The Hall–Kier alpha value is -1.63. The lowest BCUT2D eigenvalue weighted by molar-refractivity contribution is -0.389. The Balaban J connectivity index is 1.63. The van der Waals surface area contributed by atoms with Crippen molar-refractivity contribution in [1.29, 1.82) is 0 Å². The minimum absolute atomic E-state index is 0.0448. The lowest BCUT2D eigenvalue weighted by atomic mass is 9.52. The number of hydrogen-bond acceptors (Lipinski definition) is 4. The molecule has 0 aromatic carbocycles. The molecule has 4 aliphatic carbocycles. The molecule has 0 saturated heterocycles. The van der Waals surface area contributed by atoms with Crippen molar-refractivity contribution in [2.24, 2.45) is 17.8 Å². The summed E-state index contributed by atoms with van der Waals surface area (Å²) < 4.78 is 0. The van der Waals surface area contributed by atoms with Gasteiger partial charge in [-0.1, -0.05) is 16.7 Å². The maximum atomic E-state index is 12.9. The quantitative estimate of drug-likeness (QED) is 0.677. The highest BCUT2D eigenvalue weighted by atomic mass is 35.5. The number of halogens is 1. The van der Waals surface area contributed by atoms with Gasteiger partial charge in [0, 0.05) is 12.6 Å². The first-order valence-corrected chi connectivity index (χ1v) is 8.44. The molecular formula is C15H19ClN4O3. The van der Waals surface area contributed by atoms with Gasteiger partial charge in [0.25, 0.3) is 5.91 Å². The zero-order valence-corrected chi connectivity index (χ0v) is 13.7. The van der Waals surface area contributed by atoms with Gasteiger partial charge in [-0.15, -0.1) is 5.10 Å². The molecule has 4 fully saturated rings. The van der Waals surface area contributed by atoms with Crippen molar-refractivity contribution in [3.63, 3.8) is 0 Å². The maximum absolute atomic E-state index is 12.9. The Labute approximate surface area is 138 Å². The van der Waals surface area contributed by atoms with E-state index in [2.05, 4.69) is 10.2 Å². The van der Waals surface area contributed by atoms with Crippen molar-refractivity contribution in [1.82, 2.24) is 15.1 Å². The lowest BCUT2D eigenvalue weighted by Crippen LogP contribution is -2.60.